The van der Waals surface area contributed by atoms with E-state index in [1.165, 1.54) is 23.1 Å². The molecule has 0 spiro atoms. The highest BCUT2D eigenvalue weighted by atomic mass is 32.2. The van der Waals surface area contributed by atoms with Crippen LogP contribution in [0.3, 0.4) is 0 Å². The highest BCUT2D eigenvalue weighted by molar-refractivity contribution is 8.01. The molecule has 1 heterocycles. The number of rotatable bonds is 10. The van der Waals surface area contributed by atoms with Crippen LogP contribution in [0.4, 0.5) is 5.69 Å². The molecular weight excluding hydrogens is 458 g/mol. The van der Waals surface area contributed by atoms with Crippen LogP contribution in [-0.4, -0.2) is 35.1 Å². The van der Waals surface area contributed by atoms with Gasteiger partial charge in [-0.3, -0.25) is 14.4 Å². The summed E-state index contributed by atoms with van der Waals surface area (Å²) in [5, 5.41) is 7.56. The number of para-hydroxylation sites is 1. The average Bonchev–Trinajstić information content (AvgIpc) is 3.26. The number of anilines is 1. The summed E-state index contributed by atoms with van der Waals surface area (Å²) in [6.45, 7) is 4.00. The van der Waals surface area contributed by atoms with Gasteiger partial charge in [0.05, 0.1) is 41.8 Å². The highest BCUT2D eigenvalue weighted by Gasteiger charge is 2.16. The van der Waals surface area contributed by atoms with Gasteiger partial charge < -0.3 is 15.4 Å². The van der Waals surface area contributed by atoms with Crippen molar-refractivity contribution < 1.29 is 19.1 Å². The van der Waals surface area contributed by atoms with Gasteiger partial charge in [0.15, 0.2) is 4.34 Å². The van der Waals surface area contributed by atoms with E-state index < -0.39 is 0 Å². The zero-order valence-corrected chi connectivity index (χ0v) is 20.0. The Morgan fingerprint density at radius 1 is 1.09 bits per heavy atom. The number of carbonyl (C=O) groups is 3. The van der Waals surface area contributed by atoms with E-state index in [0.29, 0.717) is 27.9 Å². The summed E-state index contributed by atoms with van der Waals surface area (Å²) < 4.78 is 5.61. The minimum atomic E-state index is -0.325. The van der Waals surface area contributed by atoms with Crippen LogP contribution in [0.5, 0.6) is 0 Å². The predicted octanol–water partition coefficient (Wildman–Crippen LogP) is 4.47. The zero-order chi connectivity index (χ0) is 23.6. The minimum absolute atomic E-state index is 0.112. The van der Waals surface area contributed by atoms with Gasteiger partial charge in [0.2, 0.25) is 5.91 Å². The number of thioether (sulfide) groups is 1. The standard InChI is InChI=1S/C24H25N3O4S2/c1-3-31-22(29)13-18-14-32-24(26-18)33-15-21(28)27-20-12-8-7-11-19(20)23(30)25-16(2)17-9-5-4-6-10-17/h4-12,14,16H,3,13,15H2,1-2H3,(H,25,30)(H,27,28). The summed E-state index contributed by atoms with van der Waals surface area (Å²) in [7, 11) is 0. The molecule has 0 bridgehead atoms. The topological polar surface area (TPSA) is 97.4 Å². The smallest absolute Gasteiger partial charge is 0.311 e. The van der Waals surface area contributed by atoms with Gasteiger partial charge in [-0.2, -0.15) is 0 Å². The molecule has 2 amide bonds. The van der Waals surface area contributed by atoms with Crippen molar-refractivity contribution in [2.24, 2.45) is 0 Å². The van der Waals surface area contributed by atoms with E-state index in [1.54, 1.807) is 36.6 Å². The van der Waals surface area contributed by atoms with Crippen molar-refractivity contribution in [1.29, 1.82) is 0 Å². The number of ether oxygens (including phenoxy) is 1. The molecule has 0 saturated heterocycles. The van der Waals surface area contributed by atoms with Crippen LogP contribution in [0.15, 0.2) is 64.3 Å². The first-order chi connectivity index (χ1) is 16.0. The molecule has 3 aromatic rings. The first-order valence-corrected chi connectivity index (χ1v) is 12.3. The number of aromatic nitrogens is 1. The zero-order valence-electron chi connectivity index (χ0n) is 18.4. The number of nitrogens with one attached hydrogen (secondary N) is 2. The van der Waals surface area contributed by atoms with Crippen LogP contribution in [0, 0.1) is 0 Å². The van der Waals surface area contributed by atoms with E-state index in [9.17, 15) is 14.4 Å². The number of thiazole rings is 1. The Labute approximate surface area is 201 Å². The van der Waals surface area contributed by atoms with E-state index in [2.05, 4.69) is 15.6 Å². The Morgan fingerprint density at radius 2 is 1.82 bits per heavy atom. The lowest BCUT2D eigenvalue weighted by Gasteiger charge is -2.16. The minimum Gasteiger partial charge on any atom is -0.466 e. The molecule has 33 heavy (non-hydrogen) atoms. The number of carbonyl (C=O) groups excluding carboxylic acids is 3. The van der Waals surface area contributed by atoms with Crippen LogP contribution in [-0.2, 0) is 20.7 Å². The van der Waals surface area contributed by atoms with E-state index in [-0.39, 0.29) is 36.0 Å². The fourth-order valence-corrected chi connectivity index (χ4v) is 4.64. The van der Waals surface area contributed by atoms with Crippen molar-refractivity contribution in [1.82, 2.24) is 10.3 Å². The molecule has 0 fully saturated rings. The third kappa shape index (κ3) is 7.44. The second-order valence-corrected chi connectivity index (χ2v) is 9.16. The lowest BCUT2D eigenvalue weighted by Crippen LogP contribution is -2.28. The van der Waals surface area contributed by atoms with E-state index in [4.69, 9.17) is 4.74 Å². The summed E-state index contributed by atoms with van der Waals surface area (Å²) in [6, 6.07) is 16.4. The number of benzene rings is 2. The maximum Gasteiger partial charge on any atom is 0.311 e. The predicted molar refractivity (Wildman–Crippen MR) is 131 cm³/mol. The van der Waals surface area contributed by atoms with Gasteiger partial charge in [0.25, 0.3) is 5.91 Å². The first kappa shape index (κ1) is 24.5. The van der Waals surface area contributed by atoms with Crippen LogP contribution in [0.1, 0.15) is 41.5 Å². The maximum atomic E-state index is 12.8. The Balaban J connectivity index is 1.56. The van der Waals surface area contributed by atoms with Gasteiger partial charge in [0, 0.05) is 5.38 Å². The molecule has 7 nitrogen and oxygen atoms in total. The van der Waals surface area contributed by atoms with Gasteiger partial charge in [-0.15, -0.1) is 11.3 Å². The van der Waals surface area contributed by atoms with E-state index >= 15 is 0 Å². The molecule has 172 valence electrons. The number of hydrogen-bond donors (Lipinski definition) is 2. The summed E-state index contributed by atoms with van der Waals surface area (Å²) >= 11 is 2.64. The quantitative estimate of drug-likeness (QED) is 0.326. The molecule has 0 aliphatic carbocycles. The molecule has 0 saturated carbocycles. The second kappa shape index (κ2) is 12.2. The third-order valence-corrected chi connectivity index (χ3v) is 6.65. The Kier molecular flexibility index (Phi) is 9.03. The van der Waals surface area contributed by atoms with Crippen molar-refractivity contribution in [2.75, 3.05) is 17.7 Å². The van der Waals surface area contributed by atoms with Crippen molar-refractivity contribution in [3.8, 4) is 0 Å². The van der Waals surface area contributed by atoms with Gasteiger partial charge in [-0.25, -0.2) is 4.98 Å². The Bertz CT molecular complexity index is 1100. The first-order valence-electron chi connectivity index (χ1n) is 10.4. The third-order valence-electron chi connectivity index (χ3n) is 4.58. The molecule has 3 rings (SSSR count). The molecule has 1 unspecified atom stereocenters. The summed E-state index contributed by atoms with van der Waals surface area (Å²) in [5.74, 6) is -0.714. The van der Waals surface area contributed by atoms with Crippen molar-refractivity contribution in [3.05, 3.63) is 76.8 Å². The molecule has 0 aliphatic heterocycles. The molecule has 0 radical (unpaired) electrons. The van der Waals surface area contributed by atoms with Crippen LogP contribution < -0.4 is 10.6 Å². The molecular formula is C24H25N3O4S2. The monoisotopic (exact) mass is 483 g/mol. The Morgan fingerprint density at radius 3 is 2.58 bits per heavy atom. The number of hydrogen-bond acceptors (Lipinski definition) is 7. The normalized spacial score (nSPS) is 11.5. The van der Waals surface area contributed by atoms with Gasteiger partial charge in [-0.05, 0) is 31.5 Å². The lowest BCUT2D eigenvalue weighted by molar-refractivity contribution is -0.142. The lowest BCUT2D eigenvalue weighted by atomic mass is 10.1. The average molecular weight is 484 g/mol. The van der Waals surface area contributed by atoms with Crippen LogP contribution in [0.25, 0.3) is 0 Å². The molecule has 2 N–H and O–H groups in total. The molecule has 0 aliphatic rings. The van der Waals surface area contributed by atoms with Crippen molar-refractivity contribution in [3.63, 3.8) is 0 Å². The van der Waals surface area contributed by atoms with Crippen molar-refractivity contribution >= 4 is 46.6 Å². The maximum absolute atomic E-state index is 12.8. The van der Waals surface area contributed by atoms with Gasteiger partial charge in [-0.1, -0.05) is 54.2 Å². The largest absolute Gasteiger partial charge is 0.466 e. The molecule has 9 heteroatoms. The number of nitrogens with zero attached hydrogens (tertiary/aromatic N) is 1. The summed E-state index contributed by atoms with van der Waals surface area (Å²) in [4.78, 5) is 41.3. The summed E-state index contributed by atoms with van der Waals surface area (Å²) in [6.07, 6.45) is 0.112. The van der Waals surface area contributed by atoms with Gasteiger partial charge >= 0.3 is 5.97 Å². The fourth-order valence-electron chi connectivity index (χ4n) is 3.00. The van der Waals surface area contributed by atoms with E-state index in [0.717, 1.165) is 5.56 Å². The molecule has 1 aromatic heterocycles. The SMILES string of the molecule is CCOC(=O)Cc1csc(SCC(=O)Nc2ccccc2C(=O)NC(C)c2ccccc2)n1. The molecule has 2 aromatic carbocycles. The van der Waals surface area contributed by atoms with E-state index in [1.807, 2.05) is 37.3 Å². The Hall–Kier alpha value is -3.17. The number of amides is 2. The molecule has 1 atom stereocenters. The highest BCUT2D eigenvalue weighted by Crippen LogP contribution is 2.24. The van der Waals surface area contributed by atoms with Crippen LogP contribution in [0.2, 0.25) is 0 Å². The van der Waals surface area contributed by atoms with Crippen LogP contribution >= 0.6 is 23.1 Å². The van der Waals surface area contributed by atoms with Gasteiger partial charge in [0.1, 0.15) is 0 Å². The fraction of sp³-hybridized carbons (Fsp3) is 0.250. The van der Waals surface area contributed by atoms with Crippen molar-refractivity contribution in [2.45, 2.75) is 30.6 Å². The second-order valence-electron chi connectivity index (χ2n) is 7.07. The summed E-state index contributed by atoms with van der Waals surface area (Å²) in [5.41, 5.74) is 2.46. The number of esters is 1.